The standard InChI is InChI=1S/C23H34N8O8/c24-13(9-12-5-2-1-3-6-12)19(35)29-14(7-4-8-28-23(26)27)20(36)30-15(10-17(25)32)21(37)31-16(22(38)39)11-18(33)34/h1-3,5-6,13-16H,4,7-11,24H2,(H2,25,32)(H,29,35)(H,30,36)(H,31,37)(H,33,34)(H,38,39)(H4,26,27,28). The Morgan fingerprint density at radius 1 is 0.795 bits per heavy atom. The van der Waals surface area contributed by atoms with Gasteiger partial charge in [-0.1, -0.05) is 30.3 Å². The van der Waals surface area contributed by atoms with E-state index in [4.69, 9.17) is 28.0 Å². The number of carbonyl (C=O) groups is 6. The van der Waals surface area contributed by atoms with Crippen LogP contribution in [0.3, 0.4) is 0 Å². The summed E-state index contributed by atoms with van der Waals surface area (Å²) in [6, 6.07) is 3.09. The second-order valence-electron chi connectivity index (χ2n) is 8.54. The minimum Gasteiger partial charge on any atom is -0.481 e. The number of amides is 4. The lowest BCUT2D eigenvalue weighted by atomic mass is 10.0. The maximum atomic E-state index is 13.1. The zero-order valence-corrected chi connectivity index (χ0v) is 21.0. The van der Waals surface area contributed by atoms with Crippen LogP contribution in [0.15, 0.2) is 35.3 Å². The van der Waals surface area contributed by atoms with Gasteiger partial charge in [0.15, 0.2) is 5.96 Å². The predicted octanol–water partition coefficient (Wildman–Crippen LogP) is -3.50. The number of carboxylic acids is 2. The SMILES string of the molecule is NC(=O)CC(NC(=O)C(CCCN=C(N)N)NC(=O)C(N)Cc1ccccc1)C(=O)NC(CC(=O)O)C(=O)O. The van der Waals surface area contributed by atoms with Gasteiger partial charge in [0.25, 0.3) is 0 Å². The summed E-state index contributed by atoms with van der Waals surface area (Å²) in [6.45, 7) is 0.110. The van der Waals surface area contributed by atoms with Crippen molar-refractivity contribution in [3.8, 4) is 0 Å². The summed E-state index contributed by atoms with van der Waals surface area (Å²) in [6.07, 6.45) is -1.31. The number of carboxylic acid groups (broad SMARTS) is 2. The van der Waals surface area contributed by atoms with Crippen molar-refractivity contribution >= 4 is 41.5 Å². The van der Waals surface area contributed by atoms with Gasteiger partial charge in [-0.15, -0.1) is 0 Å². The van der Waals surface area contributed by atoms with E-state index in [1.807, 2.05) is 5.32 Å². The largest absolute Gasteiger partial charge is 0.481 e. The summed E-state index contributed by atoms with van der Waals surface area (Å²) in [7, 11) is 0. The van der Waals surface area contributed by atoms with Crippen LogP contribution in [0.5, 0.6) is 0 Å². The maximum Gasteiger partial charge on any atom is 0.326 e. The van der Waals surface area contributed by atoms with E-state index >= 15 is 0 Å². The molecular weight excluding hydrogens is 516 g/mol. The van der Waals surface area contributed by atoms with Gasteiger partial charge in [-0.05, 0) is 24.8 Å². The number of carbonyl (C=O) groups excluding carboxylic acids is 4. The first-order valence-corrected chi connectivity index (χ1v) is 11.8. The lowest BCUT2D eigenvalue weighted by Gasteiger charge is -2.24. The quantitative estimate of drug-likeness (QED) is 0.0520. The number of nitrogens with one attached hydrogen (secondary N) is 3. The Morgan fingerprint density at radius 3 is 1.90 bits per heavy atom. The Balaban J connectivity index is 3.04. The first-order valence-electron chi connectivity index (χ1n) is 11.8. The molecule has 0 aliphatic carbocycles. The number of hydrogen-bond donors (Lipinski definition) is 9. The van der Waals surface area contributed by atoms with Crippen LogP contribution in [0.2, 0.25) is 0 Å². The fourth-order valence-electron chi connectivity index (χ4n) is 3.34. The van der Waals surface area contributed by atoms with Crippen LogP contribution in [0.4, 0.5) is 0 Å². The van der Waals surface area contributed by atoms with E-state index in [0.29, 0.717) is 0 Å². The van der Waals surface area contributed by atoms with Crippen LogP contribution in [-0.2, 0) is 35.2 Å². The summed E-state index contributed by atoms with van der Waals surface area (Å²) < 4.78 is 0. The molecule has 0 saturated carbocycles. The monoisotopic (exact) mass is 550 g/mol. The van der Waals surface area contributed by atoms with Crippen LogP contribution < -0.4 is 38.9 Å². The zero-order valence-electron chi connectivity index (χ0n) is 21.0. The number of guanidine groups is 1. The lowest BCUT2D eigenvalue weighted by Crippen LogP contribution is -2.58. The van der Waals surface area contributed by atoms with E-state index in [9.17, 15) is 33.9 Å². The van der Waals surface area contributed by atoms with Crippen LogP contribution in [0.25, 0.3) is 0 Å². The van der Waals surface area contributed by atoms with Crippen molar-refractivity contribution in [3.05, 3.63) is 35.9 Å². The Morgan fingerprint density at radius 2 is 1.36 bits per heavy atom. The fourth-order valence-corrected chi connectivity index (χ4v) is 3.34. The van der Waals surface area contributed by atoms with Crippen LogP contribution in [0.1, 0.15) is 31.2 Å². The van der Waals surface area contributed by atoms with Gasteiger partial charge in [0.05, 0.1) is 18.9 Å². The molecule has 16 heteroatoms. The van der Waals surface area contributed by atoms with Crippen molar-refractivity contribution in [1.82, 2.24) is 16.0 Å². The average Bonchev–Trinajstić information content (AvgIpc) is 2.84. The molecule has 0 aliphatic heterocycles. The third-order valence-corrected chi connectivity index (χ3v) is 5.25. The smallest absolute Gasteiger partial charge is 0.326 e. The van der Waals surface area contributed by atoms with E-state index in [1.54, 1.807) is 30.3 Å². The Kier molecular flexibility index (Phi) is 13.4. The highest BCUT2D eigenvalue weighted by Gasteiger charge is 2.32. The summed E-state index contributed by atoms with van der Waals surface area (Å²) >= 11 is 0. The Hall–Kier alpha value is -4.73. The molecule has 0 heterocycles. The van der Waals surface area contributed by atoms with Crippen molar-refractivity contribution in [3.63, 3.8) is 0 Å². The third-order valence-electron chi connectivity index (χ3n) is 5.25. The van der Waals surface area contributed by atoms with Crippen molar-refractivity contribution in [2.45, 2.75) is 56.3 Å². The summed E-state index contributed by atoms with van der Waals surface area (Å²) in [5.41, 5.74) is 22.5. The maximum absolute atomic E-state index is 13.1. The molecule has 13 N–H and O–H groups in total. The molecule has 0 fully saturated rings. The first kappa shape index (κ1) is 32.3. The average molecular weight is 551 g/mol. The van der Waals surface area contributed by atoms with Crippen molar-refractivity contribution in [2.24, 2.45) is 27.9 Å². The number of rotatable bonds is 17. The number of hydrogen-bond acceptors (Lipinski definition) is 8. The summed E-state index contributed by atoms with van der Waals surface area (Å²) in [5.74, 6) is -7.10. The molecule has 1 aromatic carbocycles. The normalized spacial score (nSPS) is 13.6. The highest BCUT2D eigenvalue weighted by Crippen LogP contribution is 2.06. The zero-order chi connectivity index (χ0) is 29.5. The molecule has 4 amide bonds. The lowest BCUT2D eigenvalue weighted by molar-refractivity contribution is -0.147. The fraction of sp³-hybridized carbons (Fsp3) is 0.435. The molecular formula is C23H34N8O8. The molecule has 214 valence electrons. The molecule has 1 rings (SSSR count). The number of benzene rings is 1. The highest BCUT2D eigenvalue weighted by molar-refractivity contribution is 5.96. The number of aliphatic imine (C=N–C) groups is 1. The number of nitrogens with zero attached hydrogens (tertiary/aromatic N) is 1. The van der Waals surface area contributed by atoms with E-state index in [-0.39, 0.29) is 31.8 Å². The molecule has 16 nitrogen and oxygen atoms in total. The summed E-state index contributed by atoms with van der Waals surface area (Å²) in [5, 5.41) is 24.8. The van der Waals surface area contributed by atoms with Gasteiger partial charge in [-0.2, -0.15) is 0 Å². The van der Waals surface area contributed by atoms with Crippen molar-refractivity contribution in [1.29, 1.82) is 0 Å². The molecule has 0 spiro atoms. The van der Waals surface area contributed by atoms with Crippen LogP contribution in [-0.4, -0.2) is 82.5 Å². The summed E-state index contributed by atoms with van der Waals surface area (Å²) in [4.78, 5) is 76.1. The molecule has 0 saturated heterocycles. The predicted molar refractivity (Wildman–Crippen MR) is 138 cm³/mol. The molecule has 39 heavy (non-hydrogen) atoms. The van der Waals surface area contributed by atoms with Crippen LogP contribution in [0, 0.1) is 0 Å². The number of aliphatic carboxylic acids is 2. The first-order chi connectivity index (χ1) is 18.3. The van der Waals surface area contributed by atoms with Gasteiger partial charge < -0.3 is 49.1 Å². The molecule has 4 unspecified atom stereocenters. The van der Waals surface area contributed by atoms with Gasteiger partial charge in [-0.25, -0.2) is 4.79 Å². The van der Waals surface area contributed by atoms with Gasteiger partial charge in [0.1, 0.15) is 18.1 Å². The van der Waals surface area contributed by atoms with Gasteiger partial charge in [0.2, 0.25) is 23.6 Å². The van der Waals surface area contributed by atoms with E-state index in [1.165, 1.54) is 0 Å². The highest BCUT2D eigenvalue weighted by atomic mass is 16.4. The van der Waals surface area contributed by atoms with Crippen molar-refractivity contribution in [2.75, 3.05) is 6.54 Å². The molecule has 0 aromatic heterocycles. The number of nitrogens with two attached hydrogens (primary N) is 4. The molecule has 1 aromatic rings. The van der Waals surface area contributed by atoms with E-state index in [2.05, 4.69) is 15.6 Å². The van der Waals surface area contributed by atoms with Crippen LogP contribution >= 0.6 is 0 Å². The number of primary amides is 1. The van der Waals surface area contributed by atoms with Gasteiger partial charge in [0, 0.05) is 6.54 Å². The van der Waals surface area contributed by atoms with Gasteiger partial charge in [-0.3, -0.25) is 29.0 Å². The molecule has 0 aliphatic rings. The van der Waals surface area contributed by atoms with Gasteiger partial charge >= 0.3 is 11.9 Å². The molecule has 4 atom stereocenters. The van der Waals surface area contributed by atoms with E-state index < -0.39 is 72.6 Å². The topological polar surface area (TPSA) is 295 Å². The Bertz CT molecular complexity index is 1060. The van der Waals surface area contributed by atoms with Crippen molar-refractivity contribution < 1.29 is 39.0 Å². The Labute approximate surface area is 223 Å². The molecule has 0 radical (unpaired) electrons. The van der Waals surface area contributed by atoms with E-state index in [0.717, 1.165) is 5.56 Å². The second-order valence-corrected chi connectivity index (χ2v) is 8.54. The minimum absolute atomic E-state index is 0.00587. The minimum atomic E-state index is -1.84. The third kappa shape index (κ3) is 12.9. The molecule has 0 bridgehead atoms. The second kappa shape index (κ2) is 16.2.